The molecule has 1 rings (SSSR count). The molecule has 1 saturated heterocycles. The summed E-state index contributed by atoms with van der Waals surface area (Å²) in [7, 11) is 0. The van der Waals surface area contributed by atoms with Crippen LogP contribution >= 0.6 is 0 Å². The van der Waals surface area contributed by atoms with Crippen molar-refractivity contribution < 1.29 is 29.9 Å². The molecule has 6 atom stereocenters. The lowest BCUT2D eigenvalue weighted by Crippen LogP contribution is -2.59. The van der Waals surface area contributed by atoms with Crippen molar-refractivity contribution in [3.8, 4) is 6.07 Å². The first-order chi connectivity index (χ1) is 8.04. The first kappa shape index (κ1) is 14.1. The van der Waals surface area contributed by atoms with Crippen LogP contribution in [0.5, 0.6) is 0 Å². The van der Waals surface area contributed by atoms with Crippen LogP contribution in [0.4, 0.5) is 0 Å². The number of nitriles is 1. The lowest BCUT2D eigenvalue weighted by molar-refractivity contribution is -0.303. The molecule has 0 aliphatic carbocycles. The summed E-state index contributed by atoms with van der Waals surface area (Å²) in [4.78, 5) is 0. The third-order valence-electron chi connectivity index (χ3n) is 2.47. The van der Waals surface area contributed by atoms with Crippen molar-refractivity contribution in [2.45, 2.75) is 36.8 Å². The van der Waals surface area contributed by atoms with Gasteiger partial charge in [0.1, 0.15) is 24.4 Å². The average Bonchev–Trinajstić information content (AvgIpc) is 2.35. The lowest BCUT2D eigenvalue weighted by atomic mass is 9.99. The topological polar surface area (TPSA) is 123 Å². The zero-order valence-corrected chi connectivity index (χ0v) is 9.01. The Morgan fingerprint density at radius 3 is 2.47 bits per heavy atom. The number of aliphatic hydroxyl groups excluding tert-OH is 4. The van der Waals surface area contributed by atoms with Crippen LogP contribution in [0.25, 0.3) is 0 Å². The van der Waals surface area contributed by atoms with E-state index in [1.807, 2.05) is 0 Å². The molecule has 0 radical (unpaired) electrons. The van der Waals surface area contributed by atoms with Gasteiger partial charge in [-0.25, -0.2) is 0 Å². The number of aliphatic hydroxyl groups is 4. The van der Waals surface area contributed by atoms with Gasteiger partial charge in [0.2, 0.25) is 0 Å². The summed E-state index contributed by atoms with van der Waals surface area (Å²) in [6, 6.07) is 1.74. The maximum absolute atomic E-state index is 9.58. The van der Waals surface area contributed by atoms with E-state index in [1.165, 1.54) is 6.08 Å². The van der Waals surface area contributed by atoms with E-state index in [-0.39, 0.29) is 0 Å². The monoisotopic (exact) mass is 245 g/mol. The van der Waals surface area contributed by atoms with Crippen molar-refractivity contribution >= 4 is 0 Å². The second-order valence-electron chi connectivity index (χ2n) is 3.62. The van der Waals surface area contributed by atoms with Crippen LogP contribution in [0.1, 0.15) is 0 Å². The molecule has 7 nitrogen and oxygen atoms in total. The summed E-state index contributed by atoms with van der Waals surface area (Å²) in [5.74, 6) is 0. The van der Waals surface area contributed by atoms with E-state index in [1.54, 1.807) is 6.07 Å². The molecular weight excluding hydrogens is 230 g/mol. The van der Waals surface area contributed by atoms with Gasteiger partial charge in [0, 0.05) is 0 Å². The number of hydrogen-bond acceptors (Lipinski definition) is 7. The summed E-state index contributed by atoms with van der Waals surface area (Å²) >= 11 is 0. The molecule has 0 aromatic carbocycles. The summed E-state index contributed by atoms with van der Waals surface area (Å²) in [6.07, 6.45) is -6.66. The van der Waals surface area contributed by atoms with Gasteiger partial charge < -0.3 is 29.9 Å². The van der Waals surface area contributed by atoms with Gasteiger partial charge in [0.25, 0.3) is 0 Å². The smallest absolute Gasteiger partial charge is 0.188 e. The molecule has 0 aromatic rings. The van der Waals surface area contributed by atoms with Crippen LogP contribution in [-0.4, -0.2) is 63.8 Å². The average molecular weight is 245 g/mol. The van der Waals surface area contributed by atoms with Crippen LogP contribution in [0.3, 0.4) is 0 Å². The maximum Gasteiger partial charge on any atom is 0.188 e. The summed E-state index contributed by atoms with van der Waals surface area (Å²) in [6.45, 7) is 2.80. The van der Waals surface area contributed by atoms with Crippen molar-refractivity contribution in [1.82, 2.24) is 0 Å². The Morgan fingerprint density at radius 2 is 2.00 bits per heavy atom. The second kappa shape index (κ2) is 6.07. The third kappa shape index (κ3) is 3.01. The Kier molecular flexibility index (Phi) is 5.02. The number of ether oxygens (including phenoxy) is 2. The minimum absolute atomic E-state index is 0.546. The van der Waals surface area contributed by atoms with Crippen LogP contribution in [0.15, 0.2) is 12.7 Å². The van der Waals surface area contributed by atoms with E-state index in [9.17, 15) is 15.3 Å². The molecule has 0 spiro atoms. The van der Waals surface area contributed by atoms with Crippen LogP contribution in [0, 0.1) is 11.3 Å². The third-order valence-corrected chi connectivity index (χ3v) is 2.47. The zero-order valence-electron chi connectivity index (χ0n) is 9.01. The van der Waals surface area contributed by atoms with Gasteiger partial charge >= 0.3 is 0 Å². The summed E-state index contributed by atoms with van der Waals surface area (Å²) in [5, 5.41) is 46.1. The Balaban J connectivity index is 2.72. The fraction of sp³-hybridized carbons (Fsp3) is 0.700. The number of hydrogen-bond donors (Lipinski definition) is 4. The maximum atomic E-state index is 9.58. The van der Waals surface area contributed by atoms with Crippen molar-refractivity contribution in [3.05, 3.63) is 12.7 Å². The predicted octanol–water partition coefficient (Wildman–Crippen LogP) is -2.12. The Hall–Kier alpha value is -1.01. The van der Waals surface area contributed by atoms with Crippen molar-refractivity contribution in [2.75, 3.05) is 6.61 Å². The molecular formula is C10H15NO6. The Bertz CT molecular complexity index is 302. The highest BCUT2D eigenvalue weighted by Crippen LogP contribution is 2.22. The van der Waals surface area contributed by atoms with Gasteiger partial charge in [-0.3, -0.25) is 0 Å². The molecule has 1 aliphatic rings. The first-order valence-corrected chi connectivity index (χ1v) is 5.03. The highest BCUT2D eigenvalue weighted by Gasteiger charge is 2.44. The summed E-state index contributed by atoms with van der Waals surface area (Å²) in [5.41, 5.74) is 0. The van der Waals surface area contributed by atoms with E-state index in [0.717, 1.165) is 0 Å². The minimum atomic E-state index is -1.52. The molecule has 17 heavy (non-hydrogen) atoms. The summed E-state index contributed by atoms with van der Waals surface area (Å²) < 4.78 is 10.1. The molecule has 0 amide bonds. The van der Waals surface area contributed by atoms with Crippen LogP contribution < -0.4 is 0 Å². The van der Waals surface area contributed by atoms with Gasteiger partial charge in [0.15, 0.2) is 12.4 Å². The Morgan fingerprint density at radius 1 is 1.35 bits per heavy atom. The normalized spacial score (nSPS) is 39.4. The highest BCUT2D eigenvalue weighted by atomic mass is 16.7. The van der Waals surface area contributed by atoms with Gasteiger partial charge in [-0.2, -0.15) is 5.26 Å². The molecule has 96 valence electrons. The first-order valence-electron chi connectivity index (χ1n) is 5.03. The molecule has 1 aliphatic heterocycles. The number of nitrogens with zero attached hydrogens (tertiary/aromatic N) is 1. The van der Waals surface area contributed by atoms with Crippen LogP contribution in [0.2, 0.25) is 0 Å². The predicted molar refractivity (Wildman–Crippen MR) is 54.5 cm³/mol. The van der Waals surface area contributed by atoms with E-state index in [4.69, 9.17) is 19.8 Å². The fourth-order valence-corrected chi connectivity index (χ4v) is 1.46. The fourth-order valence-electron chi connectivity index (χ4n) is 1.46. The van der Waals surface area contributed by atoms with Gasteiger partial charge in [-0.1, -0.05) is 6.58 Å². The molecule has 0 aromatic heterocycles. The molecule has 0 saturated carbocycles. The second-order valence-corrected chi connectivity index (χ2v) is 3.62. The molecule has 2 unspecified atom stereocenters. The van der Waals surface area contributed by atoms with Crippen molar-refractivity contribution in [1.29, 1.82) is 5.26 Å². The van der Waals surface area contributed by atoms with Crippen molar-refractivity contribution in [3.63, 3.8) is 0 Å². The van der Waals surface area contributed by atoms with E-state index in [0.29, 0.717) is 0 Å². The molecule has 1 heterocycles. The van der Waals surface area contributed by atoms with Gasteiger partial charge in [-0.05, 0) is 6.08 Å². The largest absolute Gasteiger partial charge is 0.394 e. The Labute approximate surface area is 98.1 Å². The van der Waals surface area contributed by atoms with E-state index in [2.05, 4.69) is 6.58 Å². The van der Waals surface area contributed by atoms with Crippen molar-refractivity contribution in [2.24, 2.45) is 0 Å². The standard InChI is InChI=1S/C10H15NO6/c1-2-5(3-11)16-10-9(15)8(14)7(13)6(4-12)17-10/h2,5-10,12-15H,1,4H2/t5?,6-,7-,8+,9-,10?/m1/s1. The van der Waals surface area contributed by atoms with E-state index >= 15 is 0 Å². The highest BCUT2D eigenvalue weighted by molar-refractivity contribution is 4.99. The zero-order chi connectivity index (χ0) is 13.0. The molecule has 7 heteroatoms. The molecule has 4 N–H and O–H groups in total. The van der Waals surface area contributed by atoms with Gasteiger partial charge in [-0.15, -0.1) is 0 Å². The quantitative estimate of drug-likeness (QED) is 0.417. The van der Waals surface area contributed by atoms with Gasteiger partial charge in [0.05, 0.1) is 12.7 Å². The SMILES string of the molecule is C=CC(C#N)OC1O[C@H](CO)[C@@H](O)[C@H](O)[C@H]1O. The van der Waals surface area contributed by atoms with E-state index < -0.39 is 43.4 Å². The molecule has 0 bridgehead atoms. The lowest BCUT2D eigenvalue weighted by Gasteiger charge is -2.39. The molecule has 1 fully saturated rings. The van der Waals surface area contributed by atoms with Crippen LogP contribution in [-0.2, 0) is 9.47 Å². The number of rotatable bonds is 4. The minimum Gasteiger partial charge on any atom is -0.394 e.